The van der Waals surface area contributed by atoms with Gasteiger partial charge < -0.3 is 0 Å². The molecule has 0 spiro atoms. The van der Waals surface area contributed by atoms with E-state index < -0.39 is 0 Å². The van der Waals surface area contributed by atoms with Crippen molar-refractivity contribution in [2.24, 2.45) is 0 Å². The third-order valence-corrected chi connectivity index (χ3v) is 1.73. The molecule has 1 radical (unpaired) electrons. The molecular weight excluding hydrogens is 525 g/mol. The van der Waals surface area contributed by atoms with Crippen LogP contribution in [0.4, 0.5) is 0 Å². The predicted molar refractivity (Wildman–Crippen MR) is 48.6 cm³/mol. The molecule has 1 rings (SSSR count). The molecule has 0 atom stereocenters. The molecule has 79 valence electrons. The van der Waals surface area contributed by atoms with Crippen molar-refractivity contribution in [2.45, 2.75) is 26.7 Å². The van der Waals surface area contributed by atoms with Gasteiger partial charge in [0, 0.05) is 49.7 Å². The van der Waals surface area contributed by atoms with Gasteiger partial charge in [-0.3, -0.25) is 0 Å². The summed E-state index contributed by atoms with van der Waals surface area (Å²) in [4.78, 5) is 4.30. The van der Waals surface area contributed by atoms with E-state index in [1.54, 1.807) is 0 Å². The molecule has 0 amide bonds. The molecule has 0 saturated carbocycles. The van der Waals surface area contributed by atoms with Crippen molar-refractivity contribution in [3.8, 4) is 0 Å². The van der Waals surface area contributed by atoms with E-state index in [4.69, 9.17) is 0 Å². The third kappa shape index (κ3) is 10.7. The molecule has 0 aliphatic rings. The van der Waals surface area contributed by atoms with E-state index in [1.807, 2.05) is 19.1 Å². The van der Waals surface area contributed by atoms with Crippen molar-refractivity contribution in [1.29, 1.82) is 0 Å². The third-order valence-electron chi connectivity index (χ3n) is 1.37. The van der Waals surface area contributed by atoms with Crippen LogP contribution in [0.5, 0.6) is 0 Å². The van der Waals surface area contributed by atoms with Crippen LogP contribution >= 0.6 is 0 Å². The normalized spacial score (nSPS) is 7.60. The van der Waals surface area contributed by atoms with Gasteiger partial charge >= 0.3 is 98.6 Å². The van der Waals surface area contributed by atoms with Gasteiger partial charge in [-0.05, 0) is 0 Å². The molecule has 0 aliphatic heterocycles. The van der Waals surface area contributed by atoms with E-state index in [0.29, 0.717) is 5.92 Å². The van der Waals surface area contributed by atoms with E-state index in [9.17, 15) is 0 Å². The Balaban J connectivity index is -0.000000260. The van der Waals surface area contributed by atoms with Crippen LogP contribution in [-0.4, -0.2) is 9.46 Å². The van der Waals surface area contributed by atoms with Crippen LogP contribution in [0.3, 0.4) is 0 Å². The summed E-state index contributed by atoms with van der Waals surface area (Å²) in [6.07, 6.45) is 0. The zero-order valence-corrected chi connectivity index (χ0v) is 17.4. The molecule has 0 N–H and O–H groups in total. The molecular formula is C10H12NUV3-3. The summed E-state index contributed by atoms with van der Waals surface area (Å²) in [5.41, 5.74) is 2.08. The summed E-state index contributed by atoms with van der Waals surface area (Å²) in [5, 5.41) is 0. The topological polar surface area (TPSA) is 14.1 Å². The molecule has 5 heteroatoms. The van der Waals surface area contributed by atoms with Gasteiger partial charge in [0.05, 0.1) is 0 Å². The van der Waals surface area contributed by atoms with E-state index in [-0.39, 0.29) is 49.7 Å². The Morgan fingerprint density at radius 1 is 1.27 bits per heavy atom. The fraction of sp³-hybridized carbons (Fsp3) is 0.400. The number of hydrogen-bond acceptors (Lipinski definition) is 0. The van der Waals surface area contributed by atoms with Gasteiger partial charge in [-0.2, -0.15) is 0 Å². The maximum absolute atomic E-state index is 4.30. The van der Waals surface area contributed by atoms with Gasteiger partial charge in [0.25, 0.3) is 0 Å². The Morgan fingerprint density at radius 3 is 1.93 bits per heavy atom. The van der Waals surface area contributed by atoms with E-state index in [1.165, 1.54) is 0 Å². The number of aromatic nitrogens is 1. The summed E-state index contributed by atoms with van der Waals surface area (Å²) in [6, 6.07) is 4.02. The van der Waals surface area contributed by atoms with Crippen molar-refractivity contribution < 1.29 is 83.6 Å². The molecule has 1 aromatic rings. The largest absolute Gasteiger partial charge is 0 e. The molecule has 0 saturated heterocycles. The second kappa shape index (κ2) is 13.9. The van der Waals surface area contributed by atoms with Gasteiger partial charge in [0.15, 0.2) is 0 Å². The Bertz CT molecular complexity index is 271. The molecule has 1 heterocycles. The molecule has 0 bridgehead atoms. The van der Waals surface area contributed by atoms with Crippen LogP contribution in [0.1, 0.15) is 38.1 Å². The summed E-state index contributed by atoms with van der Waals surface area (Å²) < 4.78 is 5.62. The minimum atomic E-state index is 0. The van der Waals surface area contributed by atoms with Crippen molar-refractivity contribution in [3.05, 3.63) is 23.5 Å². The fourth-order valence-corrected chi connectivity index (χ4v) is 0.956. The maximum atomic E-state index is 4.30. The Hall–Kier alpha value is 1.83. The van der Waals surface area contributed by atoms with Crippen molar-refractivity contribution in [2.75, 3.05) is 0 Å². The SMILES string of the molecule is CC(C)c1ccc([C-]=[V])[n-]1.C[C-]=[V].[U].[V]. The van der Waals surface area contributed by atoms with Gasteiger partial charge in [0.1, 0.15) is 0 Å². The minimum Gasteiger partial charge on any atom is 0 e. The minimum absolute atomic E-state index is 0. The quantitative estimate of drug-likeness (QED) is 0.524. The van der Waals surface area contributed by atoms with Crippen molar-refractivity contribution in [1.82, 2.24) is 4.98 Å². The van der Waals surface area contributed by atoms with E-state index in [2.05, 4.69) is 62.2 Å². The zero-order chi connectivity index (χ0) is 10.3. The summed E-state index contributed by atoms with van der Waals surface area (Å²) in [7, 11) is 0. The first-order valence-electron chi connectivity index (χ1n) is 4.00. The molecule has 1 nitrogen and oxygen atoms in total. The monoisotopic (exact) mass is 537 g/mol. The first-order chi connectivity index (χ1) is 6.15. The van der Waals surface area contributed by atoms with E-state index >= 15 is 0 Å². The molecule has 1 aromatic heterocycles. The second-order valence-corrected chi connectivity index (χ2v) is 3.79. The number of nitrogens with zero attached hydrogens (tertiary/aromatic N) is 1. The van der Waals surface area contributed by atoms with Crippen LogP contribution in [-0.2, 0) is 52.5 Å². The number of rotatable bonds is 2. The zero-order valence-electron chi connectivity index (χ0n) is 9.02. The van der Waals surface area contributed by atoms with Crippen LogP contribution in [0.25, 0.3) is 0 Å². The van der Waals surface area contributed by atoms with Crippen LogP contribution in [0.15, 0.2) is 12.1 Å². The van der Waals surface area contributed by atoms with Gasteiger partial charge in [-0.25, -0.2) is 0 Å². The molecule has 0 fully saturated rings. The maximum Gasteiger partial charge on any atom is 0 e. The van der Waals surface area contributed by atoms with Gasteiger partial charge in [0.2, 0.25) is 0 Å². The second-order valence-electron chi connectivity index (χ2n) is 2.75. The van der Waals surface area contributed by atoms with Crippen LogP contribution in [0, 0.1) is 31.1 Å². The first kappa shape index (κ1) is 22.0. The smallest absolute Gasteiger partial charge is 0 e. The van der Waals surface area contributed by atoms with Crippen molar-refractivity contribution >= 4 is 9.46 Å². The fourth-order valence-electron chi connectivity index (χ4n) is 0.762. The molecule has 0 aliphatic carbocycles. The summed E-state index contributed by atoms with van der Waals surface area (Å²) in [5.74, 6) is 0.523. The average molecular weight is 537 g/mol. The van der Waals surface area contributed by atoms with Gasteiger partial charge in [-0.15, -0.1) is 0 Å². The average Bonchev–Trinajstić information content (AvgIpc) is 2.53. The van der Waals surface area contributed by atoms with Crippen LogP contribution < -0.4 is 4.98 Å². The summed E-state index contributed by atoms with van der Waals surface area (Å²) >= 11 is 4.51. The Kier molecular flexibility index (Phi) is 20.4. The summed E-state index contributed by atoms with van der Waals surface area (Å²) in [6.45, 7) is 6.12. The standard InChI is InChI=1S/C8H9N.C2H3.U.3V/c1-6(2)8-5-4-7(3)9-8;1-2;;;;/h4-6H,1-2H3;1H3;;;;/q-2;-1;;;;. The first-order valence-corrected chi connectivity index (χ1v) is 5.40. The predicted octanol–water partition coefficient (Wildman–Crippen LogP) is 1.57. The number of hydrogen-bond donors (Lipinski definition) is 0. The Labute approximate surface area is 146 Å². The van der Waals surface area contributed by atoms with E-state index in [0.717, 1.165) is 11.4 Å². The Morgan fingerprint density at radius 2 is 1.73 bits per heavy atom. The molecule has 0 unspecified atom stereocenters. The van der Waals surface area contributed by atoms with Gasteiger partial charge in [-0.1, -0.05) is 0 Å². The molecule has 15 heavy (non-hydrogen) atoms. The van der Waals surface area contributed by atoms with Crippen molar-refractivity contribution in [3.63, 3.8) is 0 Å². The molecule has 0 aromatic carbocycles. The van der Waals surface area contributed by atoms with Crippen LogP contribution in [0.2, 0.25) is 0 Å².